The molecule has 0 aliphatic heterocycles. The molecular formula is C21H27FN2O4S. The molecule has 0 saturated heterocycles. The summed E-state index contributed by atoms with van der Waals surface area (Å²) in [6.45, 7) is 10.4. The highest BCUT2D eigenvalue weighted by Gasteiger charge is 2.24. The largest absolute Gasteiger partial charge is 0.455 e. The molecule has 2 aromatic rings. The average Bonchev–Trinajstić information content (AvgIpc) is 2.55. The maximum Gasteiger partial charge on any atom is 0.241 e. The number of hydrogen-bond donors (Lipinski definition) is 2. The minimum atomic E-state index is -3.68. The molecule has 158 valence electrons. The number of rotatable bonds is 5. The smallest absolute Gasteiger partial charge is 0.241 e. The van der Waals surface area contributed by atoms with Crippen molar-refractivity contribution in [2.75, 3.05) is 5.32 Å². The zero-order valence-electron chi connectivity index (χ0n) is 17.5. The van der Waals surface area contributed by atoms with E-state index in [-0.39, 0.29) is 22.2 Å². The predicted molar refractivity (Wildman–Crippen MR) is 111 cm³/mol. The van der Waals surface area contributed by atoms with Crippen LogP contribution in [0.3, 0.4) is 0 Å². The normalized spacial score (nSPS) is 12.5. The second kappa shape index (κ2) is 8.12. The van der Waals surface area contributed by atoms with Gasteiger partial charge in [0.25, 0.3) is 0 Å². The Morgan fingerprint density at radius 1 is 0.966 bits per heavy atom. The SMILES string of the molecule is CC(C)(C)NS(=O)(=O)c1ccc(Oc2cccc(F)c2NC(=O)C(C)(C)C)cc1. The molecule has 2 N–H and O–H groups in total. The third-order valence-corrected chi connectivity index (χ3v) is 5.47. The van der Waals surface area contributed by atoms with E-state index in [1.54, 1.807) is 41.5 Å². The summed E-state index contributed by atoms with van der Waals surface area (Å²) in [5, 5.41) is 2.56. The lowest BCUT2D eigenvalue weighted by atomic mass is 9.95. The molecule has 0 bridgehead atoms. The molecule has 0 aliphatic rings. The van der Waals surface area contributed by atoms with Crippen LogP contribution in [0.15, 0.2) is 47.4 Å². The van der Waals surface area contributed by atoms with Crippen molar-refractivity contribution in [1.29, 1.82) is 0 Å². The van der Waals surface area contributed by atoms with Crippen LogP contribution in [0, 0.1) is 11.2 Å². The number of hydrogen-bond acceptors (Lipinski definition) is 4. The van der Waals surface area contributed by atoms with Crippen LogP contribution in [0.1, 0.15) is 41.5 Å². The van der Waals surface area contributed by atoms with Crippen molar-refractivity contribution < 1.29 is 22.3 Å². The highest BCUT2D eigenvalue weighted by Crippen LogP contribution is 2.33. The summed E-state index contributed by atoms with van der Waals surface area (Å²) in [6.07, 6.45) is 0. The van der Waals surface area contributed by atoms with Gasteiger partial charge in [0.2, 0.25) is 15.9 Å². The van der Waals surface area contributed by atoms with Gasteiger partial charge in [-0.25, -0.2) is 17.5 Å². The molecule has 6 nitrogen and oxygen atoms in total. The lowest BCUT2D eigenvalue weighted by Crippen LogP contribution is -2.40. The van der Waals surface area contributed by atoms with Gasteiger partial charge in [-0.05, 0) is 57.2 Å². The average molecular weight is 423 g/mol. The Balaban J connectivity index is 2.27. The van der Waals surface area contributed by atoms with E-state index in [0.29, 0.717) is 5.75 Å². The van der Waals surface area contributed by atoms with E-state index >= 15 is 0 Å². The molecule has 1 amide bonds. The van der Waals surface area contributed by atoms with Gasteiger partial charge in [-0.3, -0.25) is 4.79 Å². The molecule has 0 aliphatic carbocycles. The van der Waals surface area contributed by atoms with Crippen LogP contribution in [-0.2, 0) is 14.8 Å². The summed E-state index contributed by atoms with van der Waals surface area (Å²) in [5.74, 6) is -0.571. The predicted octanol–water partition coefficient (Wildman–Crippen LogP) is 4.68. The van der Waals surface area contributed by atoms with E-state index in [1.807, 2.05) is 0 Å². The number of ether oxygens (including phenoxy) is 1. The zero-order chi connectivity index (χ0) is 22.0. The first-order chi connectivity index (χ1) is 13.2. The maximum absolute atomic E-state index is 14.3. The molecule has 0 fully saturated rings. The number of carbonyl (C=O) groups is 1. The van der Waals surface area contributed by atoms with Crippen molar-refractivity contribution in [2.45, 2.75) is 52.0 Å². The number of halogens is 1. The molecule has 0 heterocycles. The molecule has 8 heteroatoms. The number of sulfonamides is 1. The minimum Gasteiger partial charge on any atom is -0.455 e. The van der Waals surface area contributed by atoms with Crippen LogP contribution in [0.2, 0.25) is 0 Å². The molecule has 0 saturated carbocycles. The number of carbonyl (C=O) groups excluding carboxylic acids is 1. The fraction of sp³-hybridized carbons (Fsp3) is 0.381. The molecule has 2 aromatic carbocycles. The number of para-hydroxylation sites is 1. The lowest BCUT2D eigenvalue weighted by molar-refractivity contribution is -0.123. The van der Waals surface area contributed by atoms with Gasteiger partial charge in [-0.15, -0.1) is 0 Å². The zero-order valence-corrected chi connectivity index (χ0v) is 18.3. The van der Waals surface area contributed by atoms with Crippen LogP contribution in [0.4, 0.5) is 10.1 Å². The first kappa shape index (κ1) is 22.8. The maximum atomic E-state index is 14.3. The van der Waals surface area contributed by atoms with Crippen molar-refractivity contribution in [3.05, 3.63) is 48.3 Å². The van der Waals surface area contributed by atoms with Crippen molar-refractivity contribution in [2.24, 2.45) is 5.41 Å². The Labute approximate surface area is 171 Å². The van der Waals surface area contributed by atoms with Crippen LogP contribution in [0.5, 0.6) is 11.5 Å². The van der Waals surface area contributed by atoms with E-state index in [2.05, 4.69) is 10.0 Å². The third-order valence-electron chi connectivity index (χ3n) is 3.70. The quantitative estimate of drug-likeness (QED) is 0.733. The minimum absolute atomic E-state index is 0.0708. The molecule has 0 atom stereocenters. The van der Waals surface area contributed by atoms with Gasteiger partial charge in [0, 0.05) is 11.0 Å². The monoisotopic (exact) mass is 422 g/mol. The number of nitrogens with one attached hydrogen (secondary N) is 2. The highest BCUT2D eigenvalue weighted by molar-refractivity contribution is 7.89. The number of amides is 1. The van der Waals surface area contributed by atoms with Gasteiger partial charge in [0.05, 0.1) is 4.90 Å². The van der Waals surface area contributed by atoms with Crippen LogP contribution < -0.4 is 14.8 Å². The van der Waals surface area contributed by atoms with Crippen molar-refractivity contribution >= 4 is 21.6 Å². The highest BCUT2D eigenvalue weighted by atomic mass is 32.2. The molecular weight excluding hydrogens is 395 g/mol. The topological polar surface area (TPSA) is 84.5 Å². The molecule has 0 unspecified atom stereocenters. The Morgan fingerprint density at radius 2 is 1.55 bits per heavy atom. The fourth-order valence-corrected chi connectivity index (χ4v) is 3.71. The van der Waals surface area contributed by atoms with Gasteiger partial charge in [-0.1, -0.05) is 26.8 Å². The molecule has 2 rings (SSSR count). The molecule has 0 spiro atoms. The molecule has 29 heavy (non-hydrogen) atoms. The standard InChI is InChI=1S/C21H27FN2O4S/c1-20(2,3)19(25)23-18-16(22)8-7-9-17(18)28-14-10-12-15(13-11-14)29(26,27)24-21(4,5)6/h7-13,24H,1-6H3,(H,23,25). The molecule has 0 radical (unpaired) electrons. The van der Waals surface area contributed by atoms with Gasteiger partial charge in [0.15, 0.2) is 11.6 Å². The number of benzene rings is 2. The van der Waals surface area contributed by atoms with Crippen molar-refractivity contribution in [3.8, 4) is 11.5 Å². The number of anilines is 1. The third kappa shape index (κ3) is 6.27. The van der Waals surface area contributed by atoms with E-state index in [4.69, 9.17) is 4.74 Å². The summed E-state index contributed by atoms with van der Waals surface area (Å²) in [7, 11) is -3.68. The Bertz CT molecular complexity index is 989. The Kier molecular flexibility index (Phi) is 6.39. The van der Waals surface area contributed by atoms with Gasteiger partial charge in [-0.2, -0.15) is 0 Å². The van der Waals surface area contributed by atoms with Gasteiger partial charge >= 0.3 is 0 Å². The van der Waals surface area contributed by atoms with Crippen molar-refractivity contribution in [3.63, 3.8) is 0 Å². The van der Waals surface area contributed by atoms with Crippen LogP contribution in [0.25, 0.3) is 0 Å². The summed E-state index contributed by atoms with van der Waals surface area (Å²) in [4.78, 5) is 12.3. The van der Waals surface area contributed by atoms with Gasteiger partial charge in [0.1, 0.15) is 11.4 Å². The van der Waals surface area contributed by atoms with E-state index in [9.17, 15) is 17.6 Å². The summed E-state index contributed by atoms with van der Waals surface area (Å²) >= 11 is 0. The Hall–Kier alpha value is -2.45. The van der Waals surface area contributed by atoms with Crippen LogP contribution >= 0.6 is 0 Å². The first-order valence-electron chi connectivity index (χ1n) is 9.11. The van der Waals surface area contributed by atoms with E-state index < -0.39 is 26.8 Å². The van der Waals surface area contributed by atoms with E-state index in [1.165, 1.54) is 42.5 Å². The lowest BCUT2D eigenvalue weighted by Gasteiger charge is -2.21. The Morgan fingerprint density at radius 3 is 2.07 bits per heavy atom. The van der Waals surface area contributed by atoms with Crippen molar-refractivity contribution in [1.82, 2.24) is 4.72 Å². The van der Waals surface area contributed by atoms with Gasteiger partial charge < -0.3 is 10.1 Å². The summed E-state index contributed by atoms with van der Waals surface area (Å²) in [5.41, 5.74) is -1.40. The first-order valence-corrected chi connectivity index (χ1v) is 10.6. The summed E-state index contributed by atoms with van der Waals surface area (Å²) < 4.78 is 47.3. The second-order valence-corrected chi connectivity index (χ2v) is 10.4. The fourth-order valence-electron chi connectivity index (χ4n) is 2.29. The summed E-state index contributed by atoms with van der Waals surface area (Å²) in [6, 6.07) is 9.94. The van der Waals surface area contributed by atoms with E-state index in [0.717, 1.165) is 0 Å². The molecule has 0 aromatic heterocycles. The van der Waals surface area contributed by atoms with Crippen LogP contribution in [-0.4, -0.2) is 19.9 Å². The second-order valence-electron chi connectivity index (χ2n) is 8.75.